The summed E-state index contributed by atoms with van der Waals surface area (Å²) in [6.07, 6.45) is 4.08. The van der Waals surface area contributed by atoms with E-state index >= 15 is 0 Å². The van der Waals surface area contributed by atoms with Crippen molar-refractivity contribution in [2.45, 2.75) is 34.1 Å². The van der Waals surface area contributed by atoms with Crippen LogP contribution in [0.25, 0.3) is 0 Å². The van der Waals surface area contributed by atoms with Crippen LogP contribution in [0, 0.1) is 11.8 Å². The van der Waals surface area contributed by atoms with Gasteiger partial charge in [-0.05, 0) is 26.2 Å². The van der Waals surface area contributed by atoms with Crippen LogP contribution in [0.3, 0.4) is 0 Å². The van der Waals surface area contributed by atoms with Crippen molar-refractivity contribution in [3.8, 4) is 0 Å². The second kappa shape index (κ2) is 5.11. The van der Waals surface area contributed by atoms with Crippen LogP contribution in [0.1, 0.15) is 34.1 Å². The lowest BCUT2D eigenvalue weighted by Gasteiger charge is -2.10. The quantitative estimate of drug-likeness (QED) is 0.449. The first kappa shape index (κ1) is 10.4. The van der Waals surface area contributed by atoms with Crippen molar-refractivity contribution in [1.29, 1.82) is 0 Å². The Labute approximate surface area is 69.5 Å². The van der Waals surface area contributed by atoms with E-state index < -0.39 is 0 Å². The number of carbonyl (C=O) groups is 1. The fourth-order valence-corrected chi connectivity index (χ4v) is 0.857. The van der Waals surface area contributed by atoms with Gasteiger partial charge in [0, 0.05) is 5.92 Å². The summed E-state index contributed by atoms with van der Waals surface area (Å²) in [5, 5.41) is 0. The minimum absolute atomic E-state index is 0.199. The Morgan fingerprint density at radius 1 is 1.36 bits per heavy atom. The summed E-state index contributed by atoms with van der Waals surface area (Å²) < 4.78 is 0. The molecule has 0 aromatic rings. The van der Waals surface area contributed by atoms with Crippen LogP contribution in [0.15, 0.2) is 11.6 Å². The number of rotatable bonds is 4. The van der Waals surface area contributed by atoms with Crippen molar-refractivity contribution >= 4 is 6.29 Å². The van der Waals surface area contributed by atoms with Crippen LogP contribution >= 0.6 is 0 Å². The Bertz CT molecular complexity index is 141. The van der Waals surface area contributed by atoms with E-state index in [1.54, 1.807) is 0 Å². The zero-order valence-corrected chi connectivity index (χ0v) is 7.92. The number of aldehydes is 1. The van der Waals surface area contributed by atoms with E-state index in [0.29, 0.717) is 5.92 Å². The Morgan fingerprint density at radius 2 is 1.91 bits per heavy atom. The predicted octanol–water partition coefficient (Wildman–Crippen LogP) is 2.81. The largest absolute Gasteiger partial charge is 0.303 e. The van der Waals surface area contributed by atoms with E-state index in [0.717, 1.165) is 12.7 Å². The molecule has 1 nitrogen and oxygen atoms in total. The third-order valence-corrected chi connectivity index (χ3v) is 1.83. The summed E-state index contributed by atoms with van der Waals surface area (Å²) in [5.74, 6) is 0.660. The first-order valence-electron chi connectivity index (χ1n) is 4.16. The predicted molar refractivity (Wildman–Crippen MR) is 48.4 cm³/mol. The minimum atomic E-state index is 0.199. The molecule has 0 aromatic heterocycles. The fraction of sp³-hybridized carbons (Fsp3) is 0.700. The van der Waals surface area contributed by atoms with Gasteiger partial charge >= 0.3 is 0 Å². The molecule has 0 aliphatic carbocycles. The number of hydrogen-bond donors (Lipinski definition) is 0. The molecule has 0 saturated carbocycles. The van der Waals surface area contributed by atoms with E-state index in [9.17, 15) is 4.79 Å². The zero-order chi connectivity index (χ0) is 8.85. The standard InChI is InChI=1S/C10H18O/c1-8(2)5-6-10(7-11)9(3)4/h5,7,9-10H,6H2,1-4H3/t10-/m0/s1. The first-order chi connectivity index (χ1) is 5.07. The van der Waals surface area contributed by atoms with Gasteiger partial charge in [0.25, 0.3) is 0 Å². The van der Waals surface area contributed by atoms with Crippen LogP contribution in [0.4, 0.5) is 0 Å². The third kappa shape index (κ3) is 4.77. The summed E-state index contributed by atoms with van der Waals surface area (Å²) >= 11 is 0. The van der Waals surface area contributed by atoms with Gasteiger partial charge in [0.2, 0.25) is 0 Å². The van der Waals surface area contributed by atoms with E-state index in [2.05, 4.69) is 33.8 Å². The Morgan fingerprint density at radius 3 is 2.18 bits per heavy atom. The van der Waals surface area contributed by atoms with Crippen molar-refractivity contribution in [2.24, 2.45) is 11.8 Å². The van der Waals surface area contributed by atoms with Gasteiger partial charge in [0.15, 0.2) is 0 Å². The molecule has 0 spiro atoms. The Kier molecular flexibility index (Phi) is 4.84. The van der Waals surface area contributed by atoms with E-state index in [-0.39, 0.29) is 5.92 Å². The molecule has 0 unspecified atom stereocenters. The molecule has 64 valence electrons. The van der Waals surface area contributed by atoms with Crippen molar-refractivity contribution in [1.82, 2.24) is 0 Å². The number of carbonyl (C=O) groups excluding carboxylic acids is 1. The molecule has 0 amide bonds. The highest BCUT2D eigenvalue weighted by atomic mass is 16.1. The molecule has 1 heteroatoms. The topological polar surface area (TPSA) is 17.1 Å². The molecule has 0 fully saturated rings. The van der Waals surface area contributed by atoms with Crippen molar-refractivity contribution < 1.29 is 4.79 Å². The minimum Gasteiger partial charge on any atom is -0.303 e. The normalized spacial score (nSPS) is 12.8. The monoisotopic (exact) mass is 154 g/mol. The summed E-state index contributed by atoms with van der Waals surface area (Å²) in [4.78, 5) is 10.5. The van der Waals surface area contributed by atoms with Crippen molar-refractivity contribution in [2.75, 3.05) is 0 Å². The van der Waals surface area contributed by atoms with Crippen molar-refractivity contribution in [3.05, 3.63) is 11.6 Å². The number of allylic oxidation sites excluding steroid dienone is 2. The van der Waals surface area contributed by atoms with Gasteiger partial charge in [-0.2, -0.15) is 0 Å². The average Bonchev–Trinajstić information content (AvgIpc) is 1.87. The SMILES string of the molecule is CC(C)=CC[C@@H](C=O)C(C)C. The molecule has 0 N–H and O–H groups in total. The lowest BCUT2D eigenvalue weighted by atomic mass is 9.93. The van der Waals surface area contributed by atoms with E-state index in [1.807, 2.05) is 0 Å². The second-order valence-electron chi connectivity index (χ2n) is 3.56. The van der Waals surface area contributed by atoms with Crippen LogP contribution < -0.4 is 0 Å². The summed E-state index contributed by atoms with van der Waals surface area (Å²) in [6.45, 7) is 8.28. The maximum Gasteiger partial charge on any atom is 0.123 e. The molecule has 11 heavy (non-hydrogen) atoms. The van der Waals surface area contributed by atoms with E-state index in [1.165, 1.54) is 5.57 Å². The maximum absolute atomic E-state index is 10.5. The zero-order valence-electron chi connectivity index (χ0n) is 7.92. The highest BCUT2D eigenvalue weighted by Crippen LogP contribution is 2.13. The Balaban J connectivity index is 3.89. The third-order valence-electron chi connectivity index (χ3n) is 1.83. The Hall–Kier alpha value is -0.590. The fourth-order valence-electron chi connectivity index (χ4n) is 0.857. The molecule has 0 aliphatic rings. The molecule has 1 atom stereocenters. The van der Waals surface area contributed by atoms with Crippen LogP contribution in [-0.4, -0.2) is 6.29 Å². The summed E-state index contributed by atoms with van der Waals surface area (Å²) in [6, 6.07) is 0. The molecule has 0 heterocycles. The molecule has 0 saturated heterocycles. The molecule has 0 rings (SSSR count). The lowest BCUT2D eigenvalue weighted by molar-refractivity contribution is -0.112. The van der Waals surface area contributed by atoms with Crippen LogP contribution in [-0.2, 0) is 4.79 Å². The maximum atomic E-state index is 10.5. The number of hydrogen-bond acceptors (Lipinski definition) is 1. The van der Waals surface area contributed by atoms with Gasteiger partial charge < -0.3 is 4.79 Å². The summed E-state index contributed by atoms with van der Waals surface area (Å²) in [7, 11) is 0. The molecule has 0 bridgehead atoms. The van der Waals surface area contributed by atoms with Gasteiger partial charge in [-0.15, -0.1) is 0 Å². The second-order valence-corrected chi connectivity index (χ2v) is 3.56. The van der Waals surface area contributed by atoms with Gasteiger partial charge in [-0.1, -0.05) is 25.5 Å². The highest BCUT2D eigenvalue weighted by Gasteiger charge is 2.09. The highest BCUT2D eigenvalue weighted by molar-refractivity contribution is 5.54. The van der Waals surface area contributed by atoms with E-state index in [4.69, 9.17) is 0 Å². The molecule has 0 aromatic carbocycles. The van der Waals surface area contributed by atoms with Gasteiger partial charge in [0.05, 0.1) is 0 Å². The summed E-state index contributed by atoms with van der Waals surface area (Å²) in [5.41, 5.74) is 1.29. The average molecular weight is 154 g/mol. The molecular weight excluding hydrogens is 136 g/mol. The van der Waals surface area contributed by atoms with Gasteiger partial charge in [-0.3, -0.25) is 0 Å². The lowest BCUT2D eigenvalue weighted by Crippen LogP contribution is -2.08. The molecule has 0 aliphatic heterocycles. The van der Waals surface area contributed by atoms with Crippen LogP contribution in [0.2, 0.25) is 0 Å². The molecular formula is C10H18O. The van der Waals surface area contributed by atoms with Crippen LogP contribution in [0.5, 0.6) is 0 Å². The first-order valence-corrected chi connectivity index (χ1v) is 4.16. The van der Waals surface area contributed by atoms with Gasteiger partial charge in [0.1, 0.15) is 6.29 Å². The smallest absolute Gasteiger partial charge is 0.123 e. The van der Waals surface area contributed by atoms with Gasteiger partial charge in [-0.25, -0.2) is 0 Å². The molecule has 0 radical (unpaired) electrons. The van der Waals surface area contributed by atoms with Crippen molar-refractivity contribution in [3.63, 3.8) is 0 Å².